The van der Waals surface area contributed by atoms with Gasteiger partial charge in [0, 0.05) is 6.92 Å². The summed E-state index contributed by atoms with van der Waals surface area (Å²) < 4.78 is 30.4. The van der Waals surface area contributed by atoms with Crippen molar-refractivity contribution >= 4 is 10.3 Å². The molecule has 0 aliphatic heterocycles. The first-order valence-electron chi connectivity index (χ1n) is 2.82. The van der Waals surface area contributed by atoms with E-state index in [4.69, 9.17) is 4.55 Å². The summed E-state index contributed by atoms with van der Waals surface area (Å²) in [5.74, 6) is 0. The maximum atomic E-state index is 10.5. The highest BCUT2D eigenvalue weighted by atomic mass is 32.2. The van der Waals surface area contributed by atoms with Gasteiger partial charge < -0.3 is 0 Å². The van der Waals surface area contributed by atoms with Gasteiger partial charge in [-0.25, -0.2) is 4.55 Å². The molecule has 1 rings (SSSR count). The molecule has 0 aromatic carbocycles. The number of hydrogen-bond donors (Lipinski definition) is 1. The van der Waals surface area contributed by atoms with Gasteiger partial charge in [0.25, 0.3) is 0 Å². The number of aryl methyl sites for hydroxylation is 1. The van der Waals surface area contributed by atoms with E-state index < -0.39 is 10.3 Å². The second kappa shape index (κ2) is 2.55. The van der Waals surface area contributed by atoms with Crippen LogP contribution < -0.4 is 3.97 Å². The van der Waals surface area contributed by atoms with Crippen LogP contribution >= 0.6 is 0 Å². The van der Waals surface area contributed by atoms with Crippen LogP contribution in [0.1, 0.15) is 5.69 Å². The van der Waals surface area contributed by atoms with E-state index in [1.807, 2.05) is 0 Å². The predicted molar refractivity (Wildman–Crippen MR) is 36.1 cm³/mol. The molecule has 11 heavy (non-hydrogen) atoms. The van der Waals surface area contributed by atoms with Crippen LogP contribution in [0.3, 0.4) is 0 Å². The molecule has 1 aromatic rings. The second-order valence-electron chi connectivity index (χ2n) is 1.99. The fourth-order valence-corrected chi connectivity index (χ4v) is 1.30. The summed E-state index contributed by atoms with van der Waals surface area (Å²) in [5.41, 5.74) is 0.356. The molecule has 0 aliphatic rings. The van der Waals surface area contributed by atoms with Crippen molar-refractivity contribution < 1.29 is 16.9 Å². The minimum Gasteiger partial charge on any atom is -0.252 e. The van der Waals surface area contributed by atoms with Gasteiger partial charge in [0.1, 0.15) is 0 Å². The van der Waals surface area contributed by atoms with Gasteiger partial charge in [-0.15, -0.1) is 8.42 Å². The first kappa shape index (κ1) is 8.09. The van der Waals surface area contributed by atoms with Crippen molar-refractivity contribution in [3.63, 3.8) is 0 Å². The van der Waals surface area contributed by atoms with Crippen molar-refractivity contribution in [3.8, 4) is 0 Å². The maximum Gasteiger partial charge on any atom is 0.511 e. The Hall–Kier alpha value is -1.01. The fraction of sp³-hybridized carbons (Fsp3) is 0.200. The Balaban J connectivity index is 3.37. The van der Waals surface area contributed by atoms with Crippen molar-refractivity contribution in [2.24, 2.45) is 0 Å². The molecule has 60 valence electrons. The molecule has 1 heterocycles. The van der Waals surface area contributed by atoms with Crippen LogP contribution in [0.5, 0.6) is 0 Å². The molecule has 0 amide bonds. The molecule has 0 fully saturated rings. The van der Waals surface area contributed by atoms with Gasteiger partial charge in [-0.3, -0.25) is 4.98 Å². The third kappa shape index (κ3) is 1.72. The van der Waals surface area contributed by atoms with Crippen molar-refractivity contribution in [2.45, 2.75) is 6.92 Å². The van der Waals surface area contributed by atoms with Gasteiger partial charge in [0.05, 0.1) is 12.4 Å². The van der Waals surface area contributed by atoms with E-state index in [0.717, 1.165) is 3.97 Å². The standard InChI is InChI=1S/C5H6N2O3S/c1-5-4-6-2-3-7(5)11(8,9)10/h2-4H,1H3/p+1. The average Bonchev–Trinajstić information content (AvgIpc) is 1.86. The Morgan fingerprint density at radius 1 is 1.64 bits per heavy atom. The average molecular weight is 175 g/mol. The van der Waals surface area contributed by atoms with Crippen molar-refractivity contribution in [1.29, 1.82) is 0 Å². The first-order chi connectivity index (χ1) is 5.02. The second-order valence-corrected chi connectivity index (χ2v) is 3.28. The van der Waals surface area contributed by atoms with E-state index in [1.54, 1.807) is 0 Å². The minimum atomic E-state index is -4.16. The van der Waals surface area contributed by atoms with Gasteiger partial charge in [-0.1, -0.05) is 3.97 Å². The molecule has 6 heteroatoms. The van der Waals surface area contributed by atoms with Gasteiger partial charge in [-0.2, -0.15) is 0 Å². The van der Waals surface area contributed by atoms with Crippen LogP contribution in [0.2, 0.25) is 0 Å². The number of rotatable bonds is 1. The van der Waals surface area contributed by atoms with Crippen molar-refractivity contribution in [1.82, 2.24) is 4.98 Å². The number of nitrogens with zero attached hydrogens (tertiary/aromatic N) is 2. The minimum absolute atomic E-state index is 0.356. The van der Waals surface area contributed by atoms with E-state index in [0.29, 0.717) is 5.69 Å². The summed E-state index contributed by atoms with van der Waals surface area (Å²) in [7, 11) is -4.16. The molecule has 1 aromatic heterocycles. The summed E-state index contributed by atoms with van der Waals surface area (Å²) in [6.07, 6.45) is 3.79. The van der Waals surface area contributed by atoms with Gasteiger partial charge in [0.15, 0.2) is 0 Å². The summed E-state index contributed by atoms with van der Waals surface area (Å²) in [6, 6.07) is 0. The molecule has 0 radical (unpaired) electrons. The lowest BCUT2D eigenvalue weighted by Crippen LogP contribution is -2.44. The Kier molecular flexibility index (Phi) is 1.88. The van der Waals surface area contributed by atoms with E-state index in [9.17, 15) is 8.42 Å². The summed E-state index contributed by atoms with van der Waals surface area (Å²) in [4.78, 5) is 3.66. The van der Waals surface area contributed by atoms with E-state index >= 15 is 0 Å². The summed E-state index contributed by atoms with van der Waals surface area (Å²) in [6.45, 7) is 1.53. The van der Waals surface area contributed by atoms with Gasteiger partial charge >= 0.3 is 10.3 Å². The molecule has 0 spiro atoms. The van der Waals surface area contributed by atoms with Crippen LogP contribution in [0.25, 0.3) is 0 Å². The lowest BCUT2D eigenvalue weighted by atomic mass is 10.5. The zero-order chi connectivity index (χ0) is 8.48. The topological polar surface area (TPSA) is 71.1 Å². The lowest BCUT2D eigenvalue weighted by Gasteiger charge is -1.91. The van der Waals surface area contributed by atoms with Crippen LogP contribution in [-0.4, -0.2) is 18.0 Å². The molecule has 0 aliphatic carbocycles. The van der Waals surface area contributed by atoms with Crippen LogP contribution in [0, 0.1) is 6.92 Å². The van der Waals surface area contributed by atoms with Crippen molar-refractivity contribution in [2.75, 3.05) is 0 Å². The summed E-state index contributed by atoms with van der Waals surface area (Å²) in [5, 5.41) is 0. The number of hydrogen-bond acceptors (Lipinski definition) is 3. The third-order valence-electron chi connectivity index (χ3n) is 1.15. The smallest absolute Gasteiger partial charge is 0.252 e. The van der Waals surface area contributed by atoms with E-state index in [-0.39, 0.29) is 0 Å². The monoisotopic (exact) mass is 175 g/mol. The largest absolute Gasteiger partial charge is 0.511 e. The zero-order valence-electron chi connectivity index (χ0n) is 5.80. The SMILES string of the molecule is Cc1cncc[n+]1S(=O)(=O)O. The third-order valence-corrected chi connectivity index (χ3v) is 2.05. The molecule has 0 atom stereocenters. The van der Waals surface area contributed by atoms with Gasteiger partial charge in [-0.05, 0) is 0 Å². The molecule has 5 nitrogen and oxygen atoms in total. The van der Waals surface area contributed by atoms with Crippen molar-refractivity contribution in [3.05, 3.63) is 24.3 Å². The Morgan fingerprint density at radius 2 is 2.27 bits per heavy atom. The Morgan fingerprint density at radius 3 is 2.64 bits per heavy atom. The number of aromatic nitrogens is 2. The highest BCUT2D eigenvalue weighted by molar-refractivity contribution is 7.79. The van der Waals surface area contributed by atoms with E-state index in [2.05, 4.69) is 4.98 Å². The first-order valence-corrected chi connectivity index (χ1v) is 4.22. The normalized spacial score (nSPS) is 11.5. The molecule has 0 saturated heterocycles. The molecule has 0 unspecified atom stereocenters. The fourth-order valence-electron chi connectivity index (χ4n) is 0.683. The van der Waals surface area contributed by atoms with Crippen LogP contribution in [0.4, 0.5) is 0 Å². The van der Waals surface area contributed by atoms with Crippen LogP contribution in [0.15, 0.2) is 18.6 Å². The molecule has 1 N–H and O–H groups in total. The highest BCUT2D eigenvalue weighted by Gasteiger charge is 2.19. The molecular formula is C5H7N2O3S+. The van der Waals surface area contributed by atoms with E-state index in [1.165, 1.54) is 25.5 Å². The maximum absolute atomic E-state index is 10.5. The quantitative estimate of drug-likeness (QED) is 0.454. The molecule has 0 saturated carbocycles. The zero-order valence-corrected chi connectivity index (χ0v) is 6.61. The highest BCUT2D eigenvalue weighted by Crippen LogP contribution is 1.85. The van der Waals surface area contributed by atoms with Gasteiger partial charge in [0.2, 0.25) is 11.9 Å². The molecular weight excluding hydrogens is 168 g/mol. The predicted octanol–water partition coefficient (Wildman–Crippen LogP) is -0.672. The Labute approximate surface area is 64.2 Å². The Bertz CT molecular complexity index is 360. The summed E-state index contributed by atoms with van der Waals surface area (Å²) >= 11 is 0. The lowest BCUT2D eigenvalue weighted by molar-refractivity contribution is -0.527. The molecule has 0 bridgehead atoms. The van der Waals surface area contributed by atoms with Crippen LogP contribution in [-0.2, 0) is 10.3 Å².